The minimum absolute atomic E-state index is 0.398. The van der Waals surface area contributed by atoms with E-state index >= 15 is 0 Å². The van der Waals surface area contributed by atoms with Crippen molar-refractivity contribution in [2.45, 2.75) is 13.8 Å². The number of nitrogens with zero attached hydrogens (tertiary/aromatic N) is 1. The van der Waals surface area contributed by atoms with Gasteiger partial charge in [-0.3, -0.25) is 0 Å². The number of pyridine rings is 1. The number of rotatable bonds is 4. The van der Waals surface area contributed by atoms with Crippen molar-refractivity contribution in [3.63, 3.8) is 0 Å². The van der Waals surface area contributed by atoms with E-state index in [-0.39, 0.29) is 0 Å². The first kappa shape index (κ1) is 13.7. The lowest BCUT2D eigenvalue weighted by Gasteiger charge is -2.10. The Kier molecular flexibility index (Phi) is 4.27. The van der Waals surface area contributed by atoms with Gasteiger partial charge in [-0.2, -0.15) is 4.98 Å². The molecule has 0 bridgehead atoms. The highest BCUT2D eigenvalue weighted by molar-refractivity contribution is 9.10. The van der Waals surface area contributed by atoms with Gasteiger partial charge in [-0.25, -0.2) is 0 Å². The van der Waals surface area contributed by atoms with Crippen molar-refractivity contribution in [3.05, 3.63) is 40.4 Å². The Morgan fingerprint density at radius 3 is 2.74 bits per heavy atom. The number of aryl methyl sites for hydroxylation is 1. The zero-order valence-corrected chi connectivity index (χ0v) is 12.4. The monoisotopic (exact) mass is 322 g/mol. The molecule has 5 heteroatoms. The fourth-order valence-corrected chi connectivity index (χ4v) is 2.06. The molecule has 0 aliphatic rings. The van der Waals surface area contributed by atoms with E-state index in [1.165, 1.54) is 0 Å². The van der Waals surface area contributed by atoms with Crippen LogP contribution in [0.5, 0.6) is 17.5 Å². The van der Waals surface area contributed by atoms with Gasteiger partial charge in [0, 0.05) is 10.5 Å². The molecule has 0 spiro atoms. The topological polar surface area (TPSA) is 57.4 Å². The molecule has 2 N–H and O–H groups in total. The maximum atomic E-state index is 5.77. The van der Waals surface area contributed by atoms with E-state index in [9.17, 15) is 0 Å². The fourth-order valence-electron chi connectivity index (χ4n) is 1.58. The highest BCUT2D eigenvalue weighted by Gasteiger charge is 2.07. The van der Waals surface area contributed by atoms with E-state index < -0.39 is 0 Å². The highest BCUT2D eigenvalue weighted by atomic mass is 79.9. The molecular formula is C14H15BrN2O2. The average molecular weight is 323 g/mol. The Bertz CT molecular complexity index is 588. The normalized spacial score (nSPS) is 10.3. The van der Waals surface area contributed by atoms with E-state index in [2.05, 4.69) is 20.9 Å². The lowest BCUT2D eigenvalue weighted by atomic mass is 10.2. The van der Waals surface area contributed by atoms with E-state index in [1.807, 2.05) is 32.0 Å². The summed E-state index contributed by atoms with van der Waals surface area (Å²) in [5.74, 6) is 1.61. The van der Waals surface area contributed by atoms with Crippen molar-refractivity contribution in [1.29, 1.82) is 0 Å². The van der Waals surface area contributed by atoms with E-state index in [4.69, 9.17) is 15.2 Å². The molecule has 0 aliphatic heterocycles. The van der Waals surface area contributed by atoms with Crippen LogP contribution in [0.3, 0.4) is 0 Å². The maximum Gasteiger partial charge on any atom is 0.240 e. The van der Waals surface area contributed by atoms with E-state index in [0.29, 0.717) is 24.1 Å². The summed E-state index contributed by atoms with van der Waals surface area (Å²) < 4.78 is 12.1. The van der Waals surface area contributed by atoms with Crippen LogP contribution in [0, 0.1) is 6.92 Å². The minimum Gasteiger partial charge on any atom is -0.476 e. The molecule has 0 fully saturated rings. The van der Waals surface area contributed by atoms with Gasteiger partial charge in [0.05, 0.1) is 12.3 Å². The van der Waals surface area contributed by atoms with Crippen molar-refractivity contribution in [1.82, 2.24) is 4.98 Å². The Labute approximate surface area is 120 Å². The number of ether oxygens (including phenoxy) is 2. The summed E-state index contributed by atoms with van der Waals surface area (Å²) in [6.45, 7) is 4.37. The second-order valence-corrected chi connectivity index (χ2v) is 4.90. The van der Waals surface area contributed by atoms with Gasteiger partial charge in [-0.05, 0) is 43.7 Å². The van der Waals surface area contributed by atoms with Crippen LogP contribution in [0.4, 0.5) is 5.69 Å². The van der Waals surface area contributed by atoms with Gasteiger partial charge in [0.1, 0.15) is 5.75 Å². The van der Waals surface area contributed by atoms with Crippen molar-refractivity contribution < 1.29 is 9.47 Å². The number of benzene rings is 1. The van der Waals surface area contributed by atoms with E-state index in [0.717, 1.165) is 15.8 Å². The van der Waals surface area contributed by atoms with Gasteiger partial charge in [-0.15, -0.1) is 0 Å². The van der Waals surface area contributed by atoms with Crippen molar-refractivity contribution in [2.24, 2.45) is 0 Å². The molecule has 1 aromatic heterocycles. The first-order chi connectivity index (χ1) is 9.10. The molecule has 2 aromatic rings. The summed E-state index contributed by atoms with van der Waals surface area (Å²) in [7, 11) is 0. The van der Waals surface area contributed by atoms with Crippen LogP contribution in [0.1, 0.15) is 12.5 Å². The standard InChI is InChI=1S/C14H15BrN2O2/c1-3-18-14-11(16)5-7-13(17-14)19-12-6-4-10(15)8-9(12)2/h4-8H,3,16H2,1-2H3. The molecule has 0 aliphatic carbocycles. The smallest absolute Gasteiger partial charge is 0.240 e. The summed E-state index contributed by atoms with van der Waals surface area (Å²) in [4.78, 5) is 4.24. The second kappa shape index (κ2) is 5.93. The lowest BCUT2D eigenvalue weighted by Crippen LogP contribution is -2.00. The molecule has 100 valence electrons. The third-order valence-electron chi connectivity index (χ3n) is 2.50. The van der Waals surface area contributed by atoms with Crippen LogP contribution in [0.25, 0.3) is 0 Å². The predicted octanol–water partition coefficient (Wildman–Crippen LogP) is 3.93. The molecule has 4 nitrogen and oxygen atoms in total. The number of hydrogen-bond donors (Lipinski definition) is 1. The highest BCUT2D eigenvalue weighted by Crippen LogP contribution is 2.29. The largest absolute Gasteiger partial charge is 0.476 e. The molecule has 0 saturated carbocycles. The molecule has 19 heavy (non-hydrogen) atoms. The summed E-state index contributed by atoms with van der Waals surface area (Å²) in [6.07, 6.45) is 0. The first-order valence-corrected chi connectivity index (χ1v) is 6.72. The van der Waals surface area contributed by atoms with Crippen molar-refractivity contribution >= 4 is 21.6 Å². The Morgan fingerprint density at radius 1 is 1.26 bits per heavy atom. The SMILES string of the molecule is CCOc1nc(Oc2ccc(Br)cc2C)ccc1N. The molecule has 1 heterocycles. The fraction of sp³-hybridized carbons (Fsp3) is 0.214. The van der Waals surface area contributed by atoms with Gasteiger partial charge < -0.3 is 15.2 Å². The summed E-state index contributed by atoms with van der Waals surface area (Å²) in [6, 6.07) is 9.23. The number of anilines is 1. The van der Waals surface area contributed by atoms with Crippen LogP contribution in [0.2, 0.25) is 0 Å². The Morgan fingerprint density at radius 2 is 2.05 bits per heavy atom. The quantitative estimate of drug-likeness (QED) is 0.926. The molecule has 0 unspecified atom stereocenters. The second-order valence-electron chi connectivity index (χ2n) is 3.99. The number of nitrogen functional groups attached to an aromatic ring is 1. The van der Waals surface area contributed by atoms with Crippen LogP contribution < -0.4 is 15.2 Å². The third-order valence-corrected chi connectivity index (χ3v) is 2.99. The predicted molar refractivity (Wildman–Crippen MR) is 78.8 cm³/mol. The molecule has 0 saturated heterocycles. The first-order valence-electron chi connectivity index (χ1n) is 5.93. The van der Waals surface area contributed by atoms with Crippen molar-refractivity contribution in [2.75, 3.05) is 12.3 Å². The maximum absolute atomic E-state index is 5.77. The number of halogens is 1. The number of hydrogen-bond acceptors (Lipinski definition) is 4. The van der Waals surface area contributed by atoms with Gasteiger partial charge in [0.15, 0.2) is 0 Å². The lowest BCUT2D eigenvalue weighted by molar-refractivity contribution is 0.323. The Hall–Kier alpha value is -1.75. The zero-order chi connectivity index (χ0) is 13.8. The van der Waals surface area contributed by atoms with Crippen LogP contribution in [0.15, 0.2) is 34.8 Å². The molecule has 1 aromatic carbocycles. The zero-order valence-electron chi connectivity index (χ0n) is 10.8. The summed E-state index contributed by atoms with van der Waals surface area (Å²) >= 11 is 3.42. The van der Waals surface area contributed by atoms with E-state index in [1.54, 1.807) is 12.1 Å². The van der Waals surface area contributed by atoms with Gasteiger partial charge in [0.25, 0.3) is 0 Å². The van der Waals surface area contributed by atoms with Crippen LogP contribution in [-0.2, 0) is 0 Å². The molecule has 0 amide bonds. The van der Waals surface area contributed by atoms with Gasteiger partial charge in [0.2, 0.25) is 11.8 Å². The summed E-state index contributed by atoms with van der Waals surface area (Å²) in [5.41, 5.74) is 7.29. The van der Waals surface area contributed by atoms with Gasteiger partial charge >= 0.3 is 0 Å². The van der Waals surface area contributed by atoms with Crippen molar-refractivity contribution in [3.8, 4) is 17.5 Å². The number of nitrogens with two attached hydrogens (primary N) is 1. The molecular weight excluding hydrogens is 308 g/mol. The van der Waals surface area contributed by atoms with Gasteiger partial charge in [-0.1, -0.05) is 15.9 Å². The average Bonchev–Trinajstić information content (AvgIpc) is 2.37. The number of aromatic nitrogens is 1. The van der Waals surface area contributed by atoms with Crippen LogP contribution in [-0.4, -0.2) is 11.6 Å². The Balaban J connectivity index is 2.25. The third kappa shape index (κ3) is 3.38. The molecule has 0 atom stereocenters. The molecule has 0 radical (unpaired) electrons. The van der Waals surface area contributed by atoms with Crippen LogP contribution >= 0.6 is 15.9 Å². The summed E-state index contributed by atoms with van der Waals surface area (Å²) in [5, 5.41) is 0. The minimum atomic E-state index is 0.398. The molecule has 2 rings (SSSR count).